The van der Waals surface area contributed by atoms with Crippen molar-refractivity contribution in [3.63, 3.8) is 0 Å². The summed E-state index contributed by atoms with van der Waals surface area (Å²) in [5.74, 6) is -0.340. The Bertz CT molecular complexity index is 1070. The first-order valence-corrected chi connectivity index (χ1v) is 11.3. The highest BCUT2D eigenvalue weighted by Crippen LogP contribution is 2.20. The topological polar surface area (TPSA) is 85.5 Å². The van der Waals surface area contributed by atoms with Crippen molar-refractivity contribution in [2.45, 2.75) is 18.9 Å². The van der Waals surface area contributed by atoms with Crippen molar-refractivity contribution in [2.24, 2.45) is 0 Å². The van der Waals surface area contributed by atoms with Gasteiger partial charge < -0.3 is 21.4 Å². The average molecular weight is 464 g/mol. The molecule has 1 aliphatic heterocycles. The summed E-state index contributed by atoms with van der Waals surface area (Å²) < 4.78 is 0. The number of amides is 3. The second-order valence-corrected chi connectivity index (χ2v) is 8.26. The molecule has 0 radical (unpaired) electrons. The van der Waals surface area contributed by atoms with Crippen LogP contribution in [0.25, 0.3) is 0 Å². The number of carbonyl (C=O) groups is 2. The first-order valence-electron chi connectivity index (χ1n) is 10.9. The molecule has 1 saturated heterocycles. The maximum absolute atomic E-state index is 13.1. The standard InChI is InChI=1S/C25H26ClN5O2/c26-19-8-10-21(11-9-19)28-25(33)29-23(18-6-2-1-3-7-18)24(32)27-20-12-14-22(15-13-20)30-31-16-4-5-17-31/h1-3,6-15,23,30H,4-5,16-17H2,(H,27,32)(H2,28,29,33). The highest BCUT2D eigenvalue weighted by Gasteiger charge is 2.23. The van der Waals surface area contributed by atoms with E-state index in [-0.39, 0.29) is 5.91 Å². The summed E-state index contributed by atoms with van der Waals surface area (Å²) in [6.45, 7) is 2.06. The first-order chi connectivity index (χ1) is 16.1. The lowest BCUT2D eigenvalue weighted by atomic mass is 10.1. The van der Waals surface area contributed by atoms with E-state index < -0.39 is 12.1 Å². The Labute approximate surface area is 198 Å². The van der Waals surface area contributed by atoms with Crippen molar-refractivity contribution in [1.82, 2.24) is 10.3 Å². The Morgan fingerprint density at radius 1 is 0.758 bits per heavy atom. The lowest BCUT2D eigenvalue weighted by Gasteiger charge is -2.20. The van der Waals surface area contributed by atoms with Crippen LogP contribution in [0.1, 0.15) is 24.4 Å². The molecule has 0 aliphatic carbocycles. The molecule has 170 valence electrons. The third-order valence-corrected chi connectivity index (χ3v) is 5.57. The summed E-state index contributed by atoms with van der Waals surface area (Å²) in [6.07, 6.45) is 2.39. The Hall–Kier alpha value is -3.55. The molecular formula is C25H26ClN5O2. The molecule has 3 amide bonds. The smallest absolute Gasteiger partial charge is 0.320 e. The van der Waals surface area contributed by atoms with Crippen LogP contribution in [0, 0.1) is 0 Å². The number of benzene rings is 3. The second-order valence-electron chi connectivity index (χ2n) is 7.82. The van der Waals surface area contributed by atoms with Crippen LogP contribution in [-0.4, -0.2) is 30.0 Å². The highest BCUT2D eigenvalue weighted by atomic mass is 35.5. The molecule has 0 bridgehead atoms. The van der Waals surface area contributed by atoms with Crippen LogP contribution < -0.4 is 21.4 Å². The molecule has 3 aromatic carbocycles. The number of nitrogens with one attached hydrogen (secondary N) is 4. The van der Waals surface area contributed by atoms with Gasteiger partial charge in [-0.05, 0) is 66.9 Å². The molecule has 1 aliphatic rings. The van der Waals surface area contributed by atoms with Gasteiger partial charge in [-0.2, -0.15) is 0 Å². The number of hydrogen-bond acceptors (Lipinski definition) is 4. The third kappa shape index (κ3) is 6.47. The molecule has 7 nitrogen and oxygen atoms in total. The summed E-state index contributed by atoms with van der Waals surface area (Å²) in [6, 6.07) is 22.0. The van der Waals surface area contributed by atoms with E-state index in [1.54, 1.807) is 36.4 Å². The number of rotatable bonds is 7. The predicted octanol–water partition coefficient (Wildman–Crippen LogP) is 5.26. The number of carbonyl (C=O) groups excluding carboxylic acids is 2. The SMILES string of the molecule is O=C(Nc1ccc(Cl)cc1)NC(C(=O)Nc1ccc(NN2CCCC2)cc1)c1ccccc1. The van der Waals surface area contributed by atoms with Crippen molar-refractivity contribution in [3.8, 4) is 0 Å². The first kappa shape index (κ1) is 22.6. The van der Waals surface area contributed by atoms with Crippen molar-refractivity contribution in [2.75, 3.05) is 29.1 Å². The van der Waals surface area contributed by atoms with Gasteiger partial charge in [0.15, 0.2) is 0 Å². The third-order valence-electron chi connectivity index (χ3n) is 5.32. The van der Waals surface area contributed by atoms with Gasteiger partial charge in [0.1, 0.15) is 6.04 Å². The van der Waals surface area contributed by atoms with E-state index >= 15 is 0 Å². The van der Waals surface area contributed by atoms with Gasteiger partial charge in [-0.25, -0.2) is 9.80 Å². The Morgan fingerprint density at radius 3 is 2.00 bits per heavy atom. The molecule has 4 N–H and O–H groups in total. The summed E-state index contributed by atoms with van der Waals surface area (Å²) in [7, 11) is 0. The highest BCUT2D eigenvalue weighted by molar-refractivity contribution is 6.30. The molecule has 1 fully saturated rings. The Balaban J connectivity index is 1.42. The van der Waals surface area contributed by atoms with Crippen LogP contribution in [0.15, 0.2) is 78.9 Å². The van der Waals surface area contributed by atoms with Gasteiger partial charge in [0.25, 0.3) is 5.91 Å². The Kier molecular flexibility index (Phi) is 7.44. The second kappa shape index (κ2) is 10.8. The van der Waals surface area contributed by atoms with Crippen molar-refractivity contribution in [3.05, 3.63) is 89.4 Å². The van der Waals surface area contributed by atoms with Gasteiger partial charge in [-0.1, -0.05) is 41.9 Å². The molecule has 3 aromatic rings. The minimum Gasteiger partial charge on any atom is -0.324 e. The fourth-order valence-electron chi connectivity index (χ4n) is 3.63. The maximum atomic E-state index is 13.1. The normalized spacial score (nSPS) is 14.3. The van der Waals surface area contributed by atoms with E-state index in [9.17, 15) is 9.59 Å². The van der Waals surface area contributed by atoms with Gasteiger partial charge in [0.2, 0.25) is 0 Å². The molecule has 0 saturated carbocycles. The van der Waals surface area contributed by atoms with Gasteiger partial charge in [-0.15, -0.1) is 0 Å². The number of nitrogens with zero attached hydrogens (tertiary/aromatic N) is 1. The molecule has 8 heteroatoms. The summed E-state index contributed by atoms with van der Waals surface area (Å²) in [4.78, 5) is 25.7. The van der Waals surface area contributed by atoms with Crippen LogP contribution in [0.2, 0.25) is 5.02 Å². The zero-order valence-electron chi connectivity index (χ0n) is 18.1. The minimum atomic E-state index is -0.874. The molecule has 33 heavy (non-hydrogen) atoms. The van der Waals surface area contributed by atoms with Gasteiger partial charge in [0, 0.05) is 35.2 Å². The fraction of sp³-hybridized carbons (Fsp3) is 0.200. The molecule has 0 aromatic heterocycles. The summed E-state index contributed by atoms with van der Waals surface area (Å²) >= 11 is 5.90. The van der Waals surface area contributed by atoms with Gasteiger partial charge in [0.05, 0.1) is 0 Å². The van der Waals surface area contributed by atoms with Crippen molar-refractivity contribution >= 4 is 40.6 Å². The molecular weight excluding hydrogens is 438 g/mol. The number of hydrogen-bond donors (Lipinski definition) is 4. The minimum absolute atomic E-state index is 0.340. The molecule has 1 heterocycles. The fourth-order valence-corrected chi connectivity index (χ4v) is 3.76. The van der Waals surface area contributed by atoms with E-state index in [1.165, 1.54) is 12.8 Å². The van der Waals surface area contributed by atoms with Crippen molar-refractivity contribution in [1.29, 1.82) is 0 Å². The van der Waals surface area contributed by atoms with Gasteiger partial charge in [-0.3, -0.25) is 4.79 Å². The van der Waals surface area contributed by atoms with E-state index in [0.717, 1.165) is 18.8 Å². The van der Waals surface area contributed by atoms with Crippen LogP contribution in [0.3, 0.4) is 0 Å². The summed E-state index contributed by atoms with van der Waals surface area (Å²) in [5, 5.41) is 11.1. The molecule has 1 atom stereocenters. The van der Waals surface area contributed by atoms with E-state index in [2.05, 4.69) is 26.4 Å². The van der Waals surface area contributed by atoms with E-state index in [0.29, 0.717) is 22.0 Å². The van der Waals surface area contributed by atoms with Crippen LogP contribution in [-0.2, 0) is 4.79 Å². The lowest BCUT2D eigenvalue weighted by molar-refractivity contribution is -0.118. The summed E-state index contributed by atoms with van der Waals surface area (Å²) in [5.41, 5.74) is 6.23. The zero-order valence-corrected chi connectivity index (χ0v) is 18.8. The van der Waals surface area contributed by atoms with Crippen LogP contribution in [0.5, 0.6) is 0 Å². The molecule has 4 rings (SSSR count). The monoisotopic (exact) mass is 463 g/mol. The van der Waals surface area contributed by atoms with E-state index in [4.69, 9.17) is 11.6 Å². The number of hydrazine groups is 1. The molecule has 0 spiro atoms. The number of anilines is 3. The molecule has 1 unspecified atom stereocenters. The predicted molar refractivity (Wildman–Crippen MR) is 132 cm³/mol. The Morgan fingerprint density at radius 2 is 1.33 bits per heavy atom. The van der Waals surface area contributed by atoms with Gasteiger partial charge >= 0.3 is 6.03 Å². The van der Waals surface area contributed by atoms with Crippen LogP contribution >= 0.6 is 11.6 Å². The largest absolute Gasteiger partial charge is 0.324 e. The van der Waals surface area contributed by atoms with Crippen molar-refractivity contribution < 1.29 is 9.59 Å². The number of urea groups is 1. The lowest BCUT2D eigenvalue weighted by Crippen LogP contribution is -2.39. The van der Waals surface area contributed by atoms with E-state index in [1.807, 2.05) is 42.5 Å². The zero-order chi connectivity index (χ0) is 23.0. The number of halogens is 1. The quantitative estimate of drug-likeness (QED) is 0.385. The average Bonchev–Trinajstić information content (AvgIpc) is 3.34. The van der Waals surface area contributed by atoms with Crippen LogP contribution in [0.4, 0.5) is 21.9 Å². The maximum Gasteiger partial charge on any atom is 0.320 e.